The van der Waals surface area contributed by atoms with E-state index in [4.69, 9.17) is 4.74 Å². The third-order valence-electron chi connectivity index (χ3n) is 6.39. The number of ether oxygens (including phenoxy) is 1. The number of thioether (sulfide) groups is 1. The molecule has 5 rings (SSSR count). The number of nitrogens with one attached hydrogen (secondary N) is 1. The van der Waals surface area contributed by atoms with Gasteiger partial charge >= 0.3 is 5.69 Å². The second kappa shape index (κ2) is 9.87. The number of para-hydroxylation sites is 2. The molecule has 0 bridgehead atoms. The third-order valence-corrected chi connectivity index (χ3v) is 7.42. The smallest absolute Gasteiger partial charge is 0.326 e. The fourth-order valence-corrected chi connectivity index (χ4v) is 5.62. The summed E-state index contributed by atoms with van der Waals surface area (Å²) in [5.41, 5.74) is 2.86. The maximum Gasteiger partial charge on any atom is 0.326 e. The standard InChI is InChI=1S/C25H29N5O2S/c1-32-20-14-12-18(13-15-20)23-27-28-25(30(23)19-8-3-2-4-9-19)33-17-7-16-29-22-11-6-5-10-21(22)26-24(29)31/h5-6,10-15,19H,2-4,7-9,16-17H2,1H3,(H,26,31). The average Bonchev–Trinajstić information content (AvgIpc) is 3.43. The molecule has 1 N–H and O–H groups in total. The largest absolute Gasteiger partial charge is 0.497 e. The Morgan fingerprint density at radius 2 is 1.85 bits per heavy atom. The Labute approximate surface area is 197 Å². The fraction of sp³-hybridized carbons (Fsp3) is 0.400. The van der Waals surface area contributed by atoms with E-state index in [1.165, 1.54) is 32.1 Å². The Bertz CT molecular complexity index is 1270. The summed E-state index contributed by atoms with van der Waals surface area (Å²) in [5, 5.41) is 10.1. The first-order valence-corrected chi connectivity index (χ1v) is 12.6. The highest BCUT2D eigenvalue weighted by Crippen LogP contribution is 2.36. The second-order valence-electron chi connectivity index (χ2n) is 8.50. The first-order chi connectivity index (χ1) is 16.2. The molecule has 0 saturated heterocycles. The van der Waals surface area contributed by atoms with Crippen molar-refractivity contribution in [1.82, 2.24) is 24.3 Å². The lowest BCUT2D eigenvalue weighted by molar-refractivity contribution is 0.339. The molecule has 0 atom stereocenters. The van der Waals surface area contributed by atoms with Gasteiger partial charge in [-0.2, -0.15) is 0 Å². The summed E-state index contributed by atoms with van der Waals surface area (Å²) in [6.45, 7) is 0.679. The van der Waals surface area contributed by atoms with Crippen molar-refractivity contribution in [2.24, 2.45) is 0 Å². The minimum absolute atomic E-state index is 0.0478. The van der Waals surface area contributed by atoms with E-state index in [2.05, 4.69) is 31.9 Å². The number of benzene rings is 2. The molecule has 7 nitrogen and oxygen atoms in total. The highest BCUT2D eigenvalue weighted by Gasteiger charge is 2.23. The Kier molecular flexibility index (Phi) is 6.53. The van der Waals surface area contributed by atoms with Crippen molar-refractivity contribution >= 4 is 22.8 Å². The lowest BCUT2D eigenvalue weighted by Crippen LogP contribution is -2.17. The average molecular weight is 464 g/mol. The summed E-state index contributed by atoms with van der Waals surface area (Å²) < 4.78 is 9.49. The zero-order valence-corrected chi connectivity index (χ0v) is 19.7. The molecule has 1 aliphatic carbocycles. The summed E-state index contributed by atoms with van der Waals surface area (Å²) in [7, 11) is 1.68. The van der Waals surface area contributed by atoms with Crippen molar-refractivity contribution < 1.29 is 4.74 Å². The number of rotatable bonds is 8. The van der Waals surface area contributed by atoms with Crippen molar-refractivity contribution in [3.8, 4) is 17.1 Å². The van der Waals surface area contributed by atoms with E-state index in [1.54, 1.807) is 18.9 Å². The number of H-pyrrole nitrogens is 1. The SMILES string of the molecule is COc1ccc(-c2nnc(SCCCn3c(=O)[nH]c4ccccc43)n2C2CCCCC2)cc1. The Morgan fingerprint density at radius 1 is 1.06 bits per heavy atom. The zero-order valence-electron chi connectivity index (χ0n) is 18.9. The molecule has 0 amide bonds. The molecule has 33 heavy (non-hydrogen) atoms. The number of aromatic nitrogens is 5. The number of methoxy groups -OCH3 is 1. The Hall–Kier alpha value is -3.00. The van der Waals surface area contributed by atoms with Crippen LogP contribution in [0.15, 0.2) is 58.5 Å². The molecule has 0 aliphatic heterocycles. The minimum atomic E-state index is -0.0478. The van der Waals surface area contributed by atoms with Gasteiger partial charge in [0.05, 0.1) is 18.1 Å². The molecule has 2 aromatic heterocycles. The van der Waals surface area contributed by atoms with Gasteiger partial charge in [0.25, 0.3) is 0 Å². The van der Waals surface area contributed by atoms with E-state index < -0.39 is 0 Å². The number of hydrogen-bond acceptors (Lipinski definition) is 5. The van der Waals surface area contributed by atoms with Crippen molar-refractivity contribution in [2.45, 2.75) is 56.3 Å². The van der Waals surface area contributed by atoms with Gasteiger partial charge in [-0.05, 0) is 55.7 Å². The van der Waals surface area contributed by atoms with Gasteiger partial charge < -0.3 is 9.72 Å². The van der Waals surface area contributed by atoms with Gasteiger partial charge in [0.15, 0.2) is 11.0 Å². The van der Waals surface area contributed by atoms with E-state index in [-0.39, 0.29) is 5.69 Å². The molecule has 0 unspecified atom stereocenters. The van der Waals surface area contributed by atoms with Crippen LogP contribution in [-0.2, 0) is 6.54 Å². The third kappa shape index (κ3) is 4.57. The van der Waals surface area contributed by atoms with Crippen molar-refractivity contribution in [3.63, 3.8) is 0 Å². The van der Waals surface area contributed by atoms with Crippen LogP contribution in [0.3, 0.4) is 0 Å². The van der Waals surface area contributed by atoms with Crippen LogP contribution in [-0.4, -0.2) is 37.2 Å². The predicted molar refractivity (Wildman–Crippen MR) is 132 cm³/mol. The van der Waals surface area contributed by atoms with Crippen LogP contribution in [0.25, 0.3) is 22.4 Å². The molecular weight excluding hydrogens is 434 g/mol. The first-order valence-electron chi connectivity index (χ1n) is 11.6. The van der Waals surface area contributed by atoms with Crippen LogP contribution in [0.1, 0.15) is 44.6 Å². The summed E-state index contributed by atoms with van der Waals surface area (Å²) in [6, 6.07) is 16.3. The highest BCUT2D eigenvalue weighted by atomic mass is 32.2. The van der Waals surface area contributed by atoms with Gasteiger partial charge in [0.2, 0.25) is 0 Å². The number of fused-ring (bicyclic) bond motifs is 1. The van der Waals surface area contributed by atoms with Crippen molar-refractivity contribution in [1.29, 1.82) is 0 Å². The maximum atomic E-state index is 12.3. The number of aromatic amines is 1. The normalized spacial score (nSPS) is 14.7. The van der Waals surface area contributed by atoms with Crippen LogP contribution in [0.5, 0.6) is 5.75 Å². The molecule has 0 spiro atoms. The van der Waals surface area contributed by atoms with E-state index in [9.17, 15) is 4.79 Å². The summed E-state index contributed by atoms with van der Waals surface area (Å²) in [5.74, 6) is 2.64. The van der Waals surface area contributed by atoms with Gasteiger partial charge in [-0.15, -0.1) is 10.2 Å². The van der Waals surface area contributed by atoms with Crippen LogP contribution < -0.4 is 10.4 Å². The Balaban J connectivity index is 1.33. The van der Waals surface area contributed by atoms with Crippen molar-refractivity contribution in [2.75, 3.05) is 12.9 Å². The molecule has 4 aromatic rings. The summed E-state index contributed by atoms with van der Waals surface area (Å²) in [4.78, 5) is 15.3. The van der Waals surface area contributed by atoms with Crippen LogP contribution in [0.4, 0.5) is 0 Å². The van der Waals surface area contributed by atoms with E-state index >= 15 is 0 Å². The molecule has 1 aliphatic rings. The number of imidazole rings is 1. The fourth-order valence-electron chi connectivity index (χ4n) is 4.70. The number of hydrogen-bond donors (Lipinski definition) is 1. The molecular formula is C25H29N5O2S. The maximum absolute atomic E-state index is 12.3. The monoisotopic (exact) mass is 463 g/mol. The van der Waals surface area contributed by atoms with Gasteiger partial charge in [-0.3, -0.25) is 9.13 Å². The molecule has 0 radical (unpaired) electrons. The molecule has 172 valence electrons. The molecule has 2 aromatic carbocycles. The second-order valence-corrected chi connectivity index (χ2v) is 9.56. The number of aryl methyl sites for hydroxylation is 1. The first kappa shape index (κ1) is 21.8. The molecule has 8 heteroatoms. The van der Waals surface area contributed by atoms with Crippen LogP contribution in [0.2, 0.25) is 0 Å². The van der Waals surface area contributed by atoms with Crippen molar-refractivity contribution in [3.05, 3.63) is 59.0 Å². The van der Waals surface area contributed by atoms with Gasteiger partial charge in [0, 0.05) is 23.9 Å². The minimum Gasteiger partial charge on any atom is -0.497 e. The topological polar surface area (TPSA) is 77.7 Å². The molecule has 1 fully saturated rings. The lowest BCUT2D eigenvalue weighted by Gasteiger charge is -2.25. The highest BCUT2D eigenvalue weighted by molar-refractivity contribution is 7.99. The van der Waals surface area contributed by atoms with E-state index in [1.807, 2.05) is 41.0 Å². The Morgan fingerprint density at radius 3 is 2.64 bits per heavy atom. The predicted octanol–water partition coefficient (Wildman–Crippen LogP) is 5.28. The number of nitrogens with zero attached hydrogens (tertiary/aromatic N) is 4. The molecule has 2 heterocycles. The van der Waals surface area contributed by atoms with Gasteiger partial charge in [-0.25, -0.2) is 4.79 Å². The van der Waals surface area contributed by atoms with Gasteiger partial charge in [-0.1, -0.05) is 43.2 Å². The quantitative estimate of drug-likeness (QED) is 0.284. The lowest BCUT2D eigenvalue weighted by atomic mass is 9.95. The van der Waals surface area contributed by atoms with Crippen LogP contribution >= 0.6 is 11.8 Å². The zero-order chi connectivity index (χ0) is 22.6. The van der Waals surface area contributed by atoms with Gasteiger partial charge in [0.1, 0.15) is 5.75 Å². The van der Waals surface area contributed by atoms with E-state index in [0.717, 1.165) is 45.5 Å². The summed E-state index contributed by atoms with van der Waals surface area (Å²) >= 11 is 1.74. The van der Waals surface area contributed by atoms with Crippen LogP contribution in [0, 0.1) is 0 Å². The van der Waals surface area contributed by atoms with E-state index in [0.29, 0.717) is 12.6 Å². The molecule has 1 saturated carbocycles. The summed E-state index contributed by atoms with van der Waals surface area (Å²) in [6.07, 6.45) is 7.01.